The zero-order valence-corrected chi connectivity index (χ0v) is 33.6. The van der Waals surface area contributed by atoms with Gasteiger partial charge in [0, 0.05) is 43.2 Å². The van der Waals surface area contributed by atoms with Gasteiger partial charge in [0.25, 0.3) is 0 Å². The molecule has 13 rings (SSSR count). The van der Waals surface area contributed by atoms with E-state index >= 15 is 0 Å². The molecule has 4 nitrogen and oxygen atoms in total. The van der Waals surface area contributed by atoms with Gasteiger partial charge in [-0.25, -0.2) is 9.97 Å². The SMILES string of the molecule is c1ccc(-c2nc(-n3c4ccc(-c5cccc6c7c8ccccc8ccc7n(-c7ccccc7)c56)cc4c4cc5ccccc5cc43)c3sc(-c4ccccc4)cc3n2)cc1. The topological polar surface area (TPSA) is 35.6 Å². The van der Waals surface area contributed by atoms with Gasteiger partial charge in [0.1, 0.15) is 0 Å². The Morgan fingerprint density at radius 3 is 1.85 bits per heavy atom. The molecular weight excluding hydrogens is 761 g/mol. The molecule has 0 aliphatic heterocycles. The molecule has 0 amide bonds. The van der Waals surface area contributed by atoms with Gasteiger partial charge in [-0.15, -0.1) is 11.3 Å². The number of rotatable bonds is 5. The first kappa shape index (κ1) is 34.0. The Morgan fingerprint density at radius 2 is 1.05 bits per heavy atom. The summed E-state index contributed by atoms with van der Waals surface area (Å²) >= 11 is 1.75. The molecule has 61 heavy (non-hydrogen) atoms. The van der Waals surface area contributed by atoms with E-state index in [-0.39, 0.29) is 0 Å². The lowest BCUT2D eigenvalue weighted by Gasteiger charge is -2.13. The van der Waals surface area contributed by atoms with E-state index in [0.717, 1.165) is 43.9 Å². The Balaban J connectivity index is 1.12. The summed E-state index contributed by atoms with van der Waals surface area (Å²) < 4.78 is 5.90. The van der Waals surface area contributed by atoms with Gasteiger partial charge >= 0.3 is 0 Å². The number of hydrogen-bond acceptors (Lipinski definition) is 3. The molecule has 0 radical (unpaired) electrons. The van der Waals surface area contributed by atoms with Gasteiger partial charge < -0.3 is 4.57 Å². The van der Waals surface area contributed by atoms with E-state index in [1.165, 1.54) is 70.1 Å². The Labute approximate surface area is 354 Å². The first-order valence-corrected chi connectivity index (χ1v) is 21.5. The lowest BCUT2D eigenvalue weighted by molar-refractivity contribution is 1.08. The van der Waals surface area contributed by atoms with Crippen LogP contribution in [0.1, 0.15) is 0 Å². The van der Waals surface area contributed by atoms with Crippen LogP contribution in [0.2, 0.25) is 0 Å². The molecule has 0 aliphatic rings. The predicted molar refractivity (Wildman–Crippen MR) is 257 cm³/mol. The second-order valence-electron chi connectivity index (χ2n) is 15.8. The van der Waals surface area contributed by atoms with Crippen molar-refractivity contribution in [2.45, 2.75) is 0 Å². The van der Waals surface area contributed by atoms with Crippen molar-refractivity contribution in [1.29, 1.82) is 0 Å². The van der Waals surface area contributed by atoms with Crippen molar-refractivity contribution in [2.24, 2.45) is 0 Å². The average molecular weight is 795 g/mol. The Kier molecular flexibility index (Phi) is 7.44. The van der Waals surface area contributed by atoms with Crippen molar-refractivity contribution in [2.75, 3.05) is 0 Å². The van der Waals surface area contributed by atoms with Crippen LogP contribution in [0.5, 0.6) is 0 Å². The van der Waals surface area contributed by atoms with Crippen molar-refractivity contribution >= 4 is 86.7 Å². The van der Waals surface area contributed by atoms with Crippen molar-refractivity contribution in [3.8, 4) is 44.5 Å². The quantitative estimate of drug-likeness (QED) is 0.174. The van der Waals surface area contributed by atoms with Crippen LogP contribution in [0.3, 0.4) is 0 Å². The third kappa shape index (κ3) is 5.24. The second kappa shape index (κ2) is 13.3. The molecule has 0 saturated heterocycles. The average Bonchev–Trinajstić information content (AvgIpc) is 4.01. The van der Waals surface area contributed by atoms with Crippen LogP contribution in [0.25, 0.3) is 120 Å². The molecule has 4 aromatic heterocycles. The van der Waals surface area contributed by atoms with Crippen LogP contribution in [0.15, 0.2) is 206 Å². The smallest absolute Gasteiger partial charge is 0.162 e. The van der Waals surface area contributed by atoms with E-state index in [4.69, 9.17) is 9.97 Å². The minimum absolute atomic E-state index is 0.709. The fourth-order valence-corrected chi connectivity index (χ4v) is 10.6. The van der Waals surface area contributed by atoms with Crippen LogP contribution >= 0.6 is 11.3 Å². The van der Waals surface area contributed by atoms with Gasteiger partial charge in [-0.3, -0.25) is 4.57 Å². The van der Waals surface area contributed by atoms with Crippen molar-refractivity contribution in [3.05, 3.63) is 206 Å². The zero-order chi connectivity index (χ0) is 40.0. The lowest BCUT2D eigenvalue weighted by atomic mass is 9.98. The Hall–Kier alpha value is -7.86. The lowest BCUT2D eigenvalue weighted by Crippen LogP contribution is -2.01. The van der Waals surface area contributed by atoms with Crippen LogP contribution in [0, 0.1) is 0 Å². The molecule has 284 valence electrons. The molecule has 0 saturated carbocycles. The number of hydrogen-bond donors (Lipinski definition) is 0. The van der Waals surface area contributed by atoms with Gasteiger partial charge in [-0.2, -0.15) is 0 Å². The summed E-state index contributed by atoms with van der Waals surface area (Å²) in [6.07, 6.45) is 0. The molecule has 5 heteroatoms. The molecule has 13 aromatic rings. The highest BCUT2D eigenvalue weighted by Gasteiger charge is 2.23. The van der Waals surface area contributed by atoms with E-state index in [0.29, 0.717) is 5.82 Å². The number of thiophene rings is 1. The number of aromatic nitrogens is 4. The summed E-state index contributed by atoms with van der Waals surface area (Å²) in [6, 6.07) is 74.4. The van der Waals surface area contributed by atoms with Gasteiger partial charge in [0.2, 0.25) is 0 Å². The first-order chi connectivity index (χ1) is 30.2. The molecule has 9 aromatic carbocycles. The van der Waals surface area contributed by atoms with E-state index < -0.39 is 0 Å². The largest absolute Gasteiger partial charge is 0.309 e. The van der Waals surface area contributed by atoms with Gasteiger partial charge in [-0.1, -0.05) is 158 Å². The Morgan fingerprint density at radius 1 is 0.393 bits per heavy atom. The summed E-state index contributed by atoms with van der Waals surface area (Å²) in [5, 5.41) is 9.77. The molecule has 0 atom stereocenters. The zero-order valence-electron chi connectivity index (χ0n) is 32.8. The highest BCUT2D eigenvalue weighted by atomic mass is 32.1. The maximum atomic E-state index is 5.48. The summed E-state index contributed by atoms with van der Waals surface area (Å²) in [7, 11) is 0. The molecule has 0 bridgehead atoms. The van der Waals surface area contributed by atoms with Crippen LogP contribution < -0.4 is 0 Å². The maximum Gasteiger partial charge on any atom is 0.162 e. The molecule has 0 N–H and O–H groups in total. The molecule has 0 spiro atoms. The fraction of sp³-hybridized carbons (Fsp3) is 0. The third-order valence-electron chi connectivity index (χ3n) is 12.3. The second-order valence-corrected chi connectivity index (χ2v) is 16.8. The highest BCUT2D eigenvalue weighted by molar-refractivity contribution is 7.22. The molecule has 0 aliphatic carbocycles. The predicted octanol–water partition coefficient (Wildman–Crippen LogP) is 15.2. The number of para-hydroxylation sites is 2. The minimum atomic E-state index is 0.709. The standard InChI is InChI=1S/C56H34N4S/c1-4-16-36(17-5-1)51-34-47-54(61-51)56(58-55(57-47)37-18-6-2-7-19-37)60-48-29-28-40(32-45(48)46-31-38-20-10-11-21-39(38)33-50(46)60)43-25-14-26-44-52-42-24-13-12-15-35(42)27-30-49(52)59(53(43)44)41-22-8-3-9-23-41/h1-34H. The molecule has 0 fully saturated rings. The van der Waals surface area contributed by atoms with Crippen molar-refractivity contribution in [1.82, 2.24) is 19.1 Å². The fourth-order valence-electron chi connectivity index (χ4n) is 9.54. The van der Waals surface area contributed by atoms with Crippen LogP contribution in [0.4, 0.5) is 0 Å². The third-order valence-corrected chi connectivity index (χ3v) is 13.5. The van der Waals surface area contributed by atoms with E-state index in [2.05, 4.69) is 209 Å². The van der Waals surface area contributed by atoms with Crippen LogP contribution in [-0.4, -0.2) is 19.1 Å². The monoisotopic (exact) mass is 794 g/mol. The summed E-state index contributed by atoms with van der Waals surface area (Å²) in [5.74, 6) is 1.60. The number of benzene rings is 9. The molecule has 4 heterocycles. The molecule has 0 unspecified atom stereocenters. The van der Waals surface area contributed by atoms with E-state index in [1.807, 2.05) is 6.07 Å². The normalized spacial score (nSPS) is 11.9. The van der Waals surface area contributed by atoms with Crippen molar-refractivity contribution < 1.29 is 0 Å². The van der Waals surface area contributed by atoms with E-state index in [1.54, 1.807) is 11.3 Å². The van der Waals surface area contributed by atoms with Crippen molar-refractivity contribution in [3.63, 3.8) is 0 Å². The molecular formula is C56H34N4S. The summed E-state index contributed by atoms with van der Waals surface area (Å²) in [4.78, 5) is 11.9. The Bertz CT molecular complexity index is 3860. The highest BCUT2D eigenvalue weighted by Crippen LogP contribution is 2.45. The first-order valence-electron chi connectivity index (χ1n) is 20.7. The number of fused-ring (bicyclic) bond motifs is 10. The minimum Gasteiger partial charge on any atom is -0.309 e. The summed E-state index contributed by atoms with van der Waals surface area (Å²) in [6.45, 7) is 0. The van der Waals surface area contributed by atoms with Gasteiger partial charge in [0.15, 0.2) is 11.6 Å². The van der Waals surface area contributed by atoms with Gasteiger partial charge in [0.05, 0.1) is 32.3 Å². The summed E-state index contributed by atoms with van der Waals surface area (Å²) in [5.41, 5.74) is 11.2. The van der Waals surface area contributed by atoms with E-state index in [9.17, 15) is 0 Å². The van der Waals surface area contributed by atoms with Crippen LogP contribution in [-0.2, 0) is 0 Å². The maximum absolute atomic E-state index is 5.48. The van der Waals surface area contributed by atoms with Gasteiger partial charge in [-0.05, 0) is 81.2 Å². The number of nitrogens with zero attached hydrogens (tertiary/aromatic N) is 4.